The molecule has 1 fully saturated rings. The van der Waals surface area contributed by atoms with E-state index in [9.17, 15) is 0 Å². The number of anilines is 1. The minimum atomic E-state index is 0.636. The van der Waals surface area contributed by atoms with Crippen LogP contribution in [0.25, 0.3) is 0 Å². The van der Waals surface area contributed by atoms with E-state index in [0.29, 0.717) is 6.54 Å². The van der Waals surface area contributed by atoms with Gasteiger partial charge in [-0.3, -0.25) is 0 Å². The third-order valence-electron chi connectivity index (χ3n) is 2.83. The number of halogens is 1. The van der Waals surface area contributed by atoms with E-state index in [2.05, 4.69) is 17.0 Å². The molecule has 0 aromatic heterocycles. The maximum absolute atomic E-state index is 6.21. The molecule has 0 bridgehead atoms. The van der Waals surface area contributed by atoms with Gasteiger partial charge >= 0.3 is 0 Å². The highest BCUT2D eigenvalue weighted by Crippen LogP contribution is 2.24. The second kappa shape index (κ2) is 5.53. The topological polar surface area (TPSA) is 38.5 Å². The number of hydrogen-bond acceptors (Lipinski definition) is 3. The van der Waals surface area contributed by atoms with Crippen LogP contribution in [-0.4, -0.2) is 32.8 Å². The molecule has 1 heterocycles. The van der Waals surface area contributed by atoms with Crippen molar-refractivity contribution in [2.45, 2.75) is 6.42 Å². The molecule has 0 unspecified atom stereocenters. The summed E-state index contributed by atoms with van der Waals surface area (Å²) in [6.07, 6.45) is 0.836. The van der Waals surface area contributed by atoms with E-state index < -0.39 is 0 Å². The van der Waals surface area contributed by atoms with E-state index >= 15 is 0 Å². The van der Waals surface area contributed by atoms with Crippen LogP contribution < -0.4 is 10.6 Å². The van der Waals surface area contributed by atoms with Crippen LogP contribution in [-0.2, 0) is 11.2 Å². The molecule has 1 aliphatic rings. The van der Waals surface area contributed by atoms with E-state index in [1.807, 2.05) is 6.07 Å². The molecule has 2 N–H and O–H groups in total. The normalized spacial score (nSPS) is 16.5. The van der Waals surface area contributed by atoms with Gasteiger partial charge in [0.2, 0.25) is 0 Å². The summed E-state index contributed by atoms with van der Waals surface area (Å²) in [5.74, 6) is 0. The van der Waals surface area contributed by atoms with Gasteiger partial charge in [-0.1, -0.05) is 17.7 Å². The maximum Gasteiger partial charge on any atom is 0.0642 e. The fourth-order valence-corrected chi connectivity index (χ4v) is 2.18. The summed E-state index contributed by atoms with van der Waals surface area (Å²) in [4.78, 5) is 2.29. The molecule has 88 valence electrons. The molecule has 1 aromatic rings. The smallest absolute Gasteiger partial charge is 0.0642 e. The van der Waals surface area contributed by atoms with Gasteiger partial charge in [-0.05, 0) is 30.7 Å². The SMILES string of the molecule is NCCc1ccc(N2CCOCC2)cc1Cl. The first kappa shape index (κ1) is 11.7. The highest BCUT2D eigenvalue weighted by molar-refractivity contribution is 6.31. The molecular weight excluding hydrogens is 224 g/mol. The zero-order chi connectivity index (χ0) is 11.4. The summed E-state index contributed by atoms with van der Waals surface area (Å²) in [7, 11) is 0. The first-order valence-corrected chi connectivity index (χ1v) is 6.00. The predicted octanol–water partition coefficient (Wildman–Crippen LogP) is 1.68. The Bertz CT molecular complexity index is 351. The Morgan fingerprint density at radius 3 is 2.69 bits per heavy atom. The quantitative estimate of drug-likeness (QED) is 0.874. The Labute approximate surface area is 101 Å². The van der Waals surface area contributed by atoms with Gasteiger partial charge in [0, 0.05) is 23.8 Å². The lowest BCUT2D eigenvalue weighted by molar-refractivity contribution is 0.122. The van der Waals surface area contributed by atoms with Crippen molar-refractivity contribution in [3.8, 4) is 0 Å². The maximum atomic E-state index is 6.21. The van der Waals surface area contributed by atoms with Crippen molar-refractivity contribution in [2.24, 2.45) is 5.73 Å². The predicted molar refractivity (Wildman–Crippen MR) is 67.2 cm³/mol. The molecule has 4 heteroatoms. The molecule has 0 saturated carbocycles. The van der Waals surface area contributed by atoms with Gasteiger partial charge in [0.15, 0.2) is 0 Å². The Balaban J connectivity index is 2.13. The van der Waals surface area contributed by atoms with Gasteiger partial charge in [0.05, 0.1) is 13.2 Å². The van der Waals surface area contributed by atoms with Crippen LogP contribution in [0, 0.1) is 0 Å². The standard InChI is InChI=1S/C12H17ClN2O/c13-12-9-11(2-1-10(12)3-4-14)15-5-7-16-8-6-15/h1-2,9H,3-8,14H2. The highest BCUT2D eigenvalue weighted by atomic mass is 35.5. The van der Waals surface area contributed by atoms with Crippen LogP contribution in [0.1, 0.15) is 5.56 Å². The lowest BCUT2D eigenvalue weighted by Crippen LogP contribution is -2.36. The van der Waals surface area contributed by atoms with Gasteiger partial charge in [0.25, 0.3) is 0 Å². The molecule has 16 heavy (non-hydrogen) atoms. The Morgan fingerprint density at radius 1 is 1.31 bits per heavy atom. The number of nitrogens with zero attached hydrogens (tertiary/aromatic N) is 1. The number of benzene rings is 1. The first-order chi connectivity index (χ1) is 7.81. The van der Waals surface area contributed by atoms with Crippen molar-refractivity contribution >= 4 is 17.3 Å². The molecule has 0 atom stereocenters. The van der Waals surface area contributed by atoms with Crippen molar-refractivity contribution in [2.75, 3.05) is 37.7 Å². The van der Waals surface area contributed by atoms with Crippen molar-refractivity contribution < 1.29 is 4.74 Å². The number of rotatable bonds is 3. The number of nitrogens with two attached hydrogens (primary N) is 1. The summed E-state index contributed by atoms with van der Waals surface area (Å²) < 4.78 is 5.32. The van der Waals surface area contributed by atoms with Gasteiger partial charge < -0.3 is 15.4 Å². The fourth-order valence-electron chi connectivity index (χ4n) is 1.91. The first-order valence-electron chi connectivity index (χ1n) is 5.62. The number of hydrogen-bond donors (Lipinski definition) is 1. The Kier molecular flexibility index (Phi) is 4.04. The van der Waals surface area contributed by atoms with E-state index in [4.69, 9.17) is 22.1 Å². The summed E-state index contributed by atoms with van der Waals surface area (Å²) >= 11 is 6.21. The zero-order valence-corrected chi connectivity index (χ0v) is 10.0. The lowest BCUT2D eigenvalue weighted by atomic mass is 10.1. The Morgan fingerprint density at radius 2 is 2.06 bits per heavy atom. The van der Waals surface area contributed by atoms with Gasteiger partial charge in [-0.2, -0.15) is 0 Å². The monoisotopic (exact) mass is 240 g/mol. The van der Waals surface area contributed by atoms with Gasteiger partial charge in [-0.25, -0.2) is 0 Å². The molecule has 1 saturated heterocycles. The fraction of sp³-hybridized carbons (Fsp3) is 0.500. The van der Waals surface area contributed by atoms with Gasteiger partial charge in [-0.15, -0.1) is 0 Å². The molecule has 0 spiro atoms. The number of morpholine rings is 1. The third kappa shape index (κ3) is 2.67. The third-order valence-corrected chi connectivity index (χ3v) is 3.18. The molecule has 0 radical (unpaired) electrons. The van der Waals surface area contributed by atoms with Crippen molar-refractivity contribution in [3.05, 3.63) is 28.8 Å². The summed E-state index contributed by atoms with van der Waals surface area (Å²) in [6, 6.07) is 6.21. The minimum absolute atomic E-state index is 0.636. The van der Waals surface area contributed by atoms with Crippen molar-refractivity contribution in [1.29, 1.82) is 0 Å². The molecule has 1 aliphatic heterocycles. The zero-order valence-electron chi connectivity index (χ0n) is 9.29. The second-order valence-corrected chi connectivity index (χ2v) is 4.32. The molecule has 0 amide bonds. The van der Waals surface area contributed by atoms with E-state index in [1.54, 1.807) is 0 Å². The number of ether oxygens (including phenoxy) is 1. The lowest BCUT2D eigenvalue weighted by Gasteiger charge is -2.29. The summed E-state index contributed by atoms with van der Waals surface area (Å²) in [5, 5.41) is 0.814. The van der Waals surface area contributed by atoms with E-state index in [1.165, 1.54) is 5.69 Å². The van der Waals surface area contributed by atoms with Crippen LogP contribution in [0.3, 0.4) is 0 Å². The van der Waals surface area contributed by atoms with E-state index in [-0.39, 0.29) is 0 Å². The van der Waals surface area contributed by atoms with Crippen LogP contribution in [0.4, 0.5) is 5.69 Å². The summed E-state index contributed by atoms with van der Waals surface area (Å²) in [6.45, 7) is 4.10. The molecule has 1 aromatic carbocycles. The summed E-state index contributed by atoms with van der Waals surface area (Å²) in [5.41, 5.74) is 7.83. The van der Waals surface area contributed by atoms with Crippen molar-refractivity contribution in [3.63, 3.8) is 0 Å². The average molecular weight is 241 g/mol. The Hall–Kier alpha value is -0.770. The highest BCUT2D eigenvalue weighted by Gasteiger charge is 2.12. The van der Waals surface area contributed by atoms with Crippen molar-refractivity contribution in [1.82, 2.24) is 0 Å². The van der Waals surface area contributed by atoms with Crippen LogP contribution in [0.5, 0.6) is 0 Å². The largest absolute Gasteiger partial charge is 0.378 e. The molecule has 2 rings (SSSR count). The molecular formula is C12H17ClN2O. The van der Waals surface area contributed by atoms with E-state index in [0.717, 1.165) is 43.3 Å². The average Bonchev–Trinajstić information content (AvgIpc) is 2.33. The van der Waals surface area contributed by atoms with Crippen LogP contribution >= 0.6 is 11.6 Å². The van der Waals surface area contributed by atoms with Crippen LogP contribution in [0.2, 0.25) is 5.02 Å². The second-order valence-electron chi connectivity index (χ2n) is 3.91. The van der Waals surface area contributed by atoms with Gasteiger partial charge in [0.1, 0.15) is 0 Å². The molecule has 3 nitrogen and oxygen atoms in total. The molecule has 0 aliphatic carbocycles. The van der Waals surface area contributed by atoms with Crippen LogP contribution in [0.15, 0.2) is 18.2 Å². The minimum Gasteiger partial charge on any atom is -0.378 e.